The summed E-state index contributed by atoms with van der Waals surface area (Å²) in [5.41, 5.74) is 3.40. The molecule has 0 N–H and O–H groups in total. The second-order valence-corrected chi connectivity index (χ2v) is 7.77. The molecule has 1 aromatic carbocycles. The lowest BCUT2D eigenvalue weighted by Crippen LogP contribution is -2.46. The van der Waals surface area contributed by atoms with Crippen LogP contribution in [0, 0.1) is 6.92 Å². The smallest absolute Gasteiger partial charge is 0.355 e. The van der Waals surface area contributed by atoms with Crippen molar-refractivity contribution in [3.63, 3.8) is 0 Å². The fourth-order valence-corrected chi connectivity index (χ4v) is 3.83. The van der Waals surface area contributed by atoms with E-state index in [-0.39, 0.29) is 17.4 Å². The first-order valence-corrected chi connectivity index (χ1v) is 9.85. The molecule has 9 heteroatoms. The summed E-state index contributed by atoms with van der Waals surface area (Å²) in [6.45, 7) is 2.93. The molecule has 5 rings (SSSR count). The number of benzene rings is 1. The molecule has 4 heterocycles. The lowest BCUT2D eigenvalue weighted by molar-refractivity contribution is -0.144. The van der Waals surface area contributed by atoms with E-state index >= 15 is 0 Å². The highest BCUT2D eigenvalue weighted by Gasteiger charge is 2.38. The average molecular weight is 424 g/mol. The minimum absolute atomic E-state index is 0.114. The van der Waals surface area contributed by atoms with E-state index in [1.165, 1.54) is 0 Å². The third-order valence-corrected chi connectivity index (χ3v) is 5.53. The SMILES string of the molecule is Cc1ccc(-c2cc(N3CC(c4nc5ccccc5n4C)C3)nc(C(F)(F)F)n2)nc1. The first kappa shape index (κ1) is 19.5. The van der Waals surface area contributed by atoms with Crippen LogP contribution in [0.3, 0.4) is 0 Å². The quantitative estimate of drug-likeness (QED) is 0.489. The highest BCUT2D eigenvalue weighted by molar-refractivity contribution is 5.76. The largest absolute Gasteiger partial charge is 0.451 e. The van der Waals surface area contributed by atoms with Crippen LogP contribution in [0.5, 0.6) is 0 Å². The maximum atomic E-state index is 13.4. The van der Waals surface area contributed by atoms with Crippen LogP contribution in [0.2, 0.25) is 0 Å². The van der Waals surface area contributed by atoms with E-state index in [0.717, 1.165) is 22.4 Å². The molecule has 1 fully saturated rings. The molecule has 0 radical (unpaired) electrons. The summed E-state index contributed by atoms with van der Waals surface area (Å²) in [4.78, 5) is 18.3. The molecule has 3 aromatic heterocycles. The molecule has 1 aliphatic heterocycles. The van der Waals surface area contributed by atoms with Crippen molar-refractivity contribution >= 4 is 16.9 Å². The molecular formula is C22H19F3N6. The number of anilines is 1. The number of aromatic nitrogens is 5. The zero-order valence-corrected chi connectivity index (χ0v) is 16.9. The number of imidazole rings is 1. The molecule has 0 amide bonds. The molecule has 0 saturated carbocycles. The van der Waals surface area contributed by atoms with E-state index in [1.54, 1.807) is 24.4 Å². The number of fused-ring (bicyclic) bond motifs is 1. The number of hydrogen-bond donors (Lipinski definition) is 0. The minimum Gasteiger partial charge on any atom is -0.355 e. The van der Waals surface area contributed by atoms with Gasteiger partial charge in [-0.15, -0.1) is 0 Å². The lowest BCUT2D eigenvalue weighted by atomic mass is 9.99. The van der Waals surface area contributed by atoms with Crippen LogP contribution in [0.4, 0.5) is 19.0 Å². The zero-order chi connectivity index (χ0) is 21.8. The Morgan fingerprint density at radius 3 is 2.42 bits per heavy atom. The molecular weight excluding hydrogens is 405 g/mol. The molecule has 0 aliphatic carbocycles. The van der Waals surface area contributed by atoms with Crippen molar-refractivity contribution in [3.8, 4) is 11.4 Å². The van der Waals surface area contributed by atoms with Gasteiger partial charge >= 0.3 is 6.18 Å². The molecule has 0 atom stereocenters. The van der Waals surface area contributed by atoms with Gasteiger partial charge in [0.05, 0.1) is 28.3 Å². The maximum absolute atomic E-state index is 13.4. The highest BCUT2D eigenvalue weighted by Crippen LogP contribution is 2.35. The summed E-state index contributed by atoms with van der Waals surface area (Å²) in [6.07, 6.45) is -3.03. The normalized spacial score (nSPS) is 14.8. The number of para-hydroxylation sites is 2. The summed E-state index contributed by atoms with van der Waals surface area (Å²) in [5.74, 6) is 0.119. The van der Waals surface area contributed by atoms with Crippen LogP contribution in [-0.2, 0) is 13.2 Å². The standard InChI is InChI=1S/C22H19F3N6/c1-13-7-8-15(26-10-13)17-9-19(29-21(28-17)22(23,24)25)31-11-14(12-31)20-27-16-5-3-4-6-18(16)30(20)2/h3-10,14H,11-12H2,1-2H3. The van der Waals surface area contributed by atoms with Crippen LogP contribution in [0.25, 0.3) is 22.4 Å². The van der Waals surface area contributed by atoms with E-state index in [1.807, 2.05) is 47.7 Å². The predicted molar refractivity (Wildman–Crippen MR) is 111 cm³/mol. The van der Waals surface area contributed by atoms with Crippen molar-refractivity contribution in [2.24, 2.45) is 7.05 Å². The second-order valence-electron chi connectivity index (χ2n) is 7.77. The predicted octanol–water partition coefficient (Wildman–Crippen LogP) is 4.36. The molecule has 1 saturated heterocycles. The first-order chi connectivity index (χ1) is 14.8. The van der Waals surface area contributed by atoms with Crippen LogP contribution in [0.15, 0.2) is 48.7 Å². The Balaban J connectivity index is 1.45. The monoisotopic (exact) mass is 424 g/mol. The third-order valence-electron chi connectivity index (χ3n) is 5.53. The fourth-order valence-electron chi connectivity index (χ4n) is 3.83. The van der Waals surface area contributed by atoms with Gasteiger partial charge in [-0.2, -0.15) is 13.2 Å². The Hall–Kier alpha value is -3.49. The highest BCUT2D eigenvalue weighted by atomic mass is 19.4. The van der Waals surface area contributed by atoms with E-state index in [2.05, 4.69) is 15.0 Å². The van der Waals surface area contributed by atoms with E-state index in [0.29, 0.717) is 18.8 Å². The summed E-state index contributed by atoms with van der Waals surface area (Å²) < 4.78 is 42.4. The maximum Gasteiger partial charge on any atom is 0.451 e. The van der Waals surface area contributed by atoms with Crippen molar-refractivity contribution in [1.29, 1.82) is 0 Å². The number of pyridine rings is 1. The van der Waals surface area contributed by atoms with Gasteiger partial charge in [-0.3, -0.25) is 4.98 Å². The Kier molecular flexibility index (Phi) is 4.42. The number of hydrogen-bond acceptors (Lipinski definition) is 5. The number of alkyl halides is 3. The molecule has 0 bridgehead atoms. The van der Waals surface area contributed by atoms with Crippen molar-refractivity contribution in [2.75, 3.05) is 18.0 Å². The van der Waals surface area contributed by atoms with Gasteiger partial charge in [0.15, 0.2) is 0 Å². The van der Waals surface area contributed by atoms with Crippen molar-refractivity contribution < 1.29 is 13.2 Å². The molecule has 158 valence electrons. The van der Waals surface area contributed by atoms with Gasteiger partial charge in [0, 0.05) is 32.4 Å². The summed E-state index contributed by atoms with van der Waals surface area (Å²) in [7, 11) is 1.96. The number of halogens is 3. The second kappa shape index (κ2) is 7.04. The Morgan fingerprint density at radius 2 is 1.74 bits per heavy atom. The molecule has 0 unspecified atom stereocenters. The Morgan fingerprint density at radius 1 is 0.968 bits per heavy atom. The van der Waals surface area contributed by atoms with Gasteiger partial charge in [-0.25, -0.2) is 15.0 Å². The van der Waals surface area contributed by atoms with Crippen molar-refractivity contribution in [1.82, 2.24) is 24.5 Å². The van der Waals surface area contributed by atoms with E-state index in [9.17, 15) is 13.2 Å². The average Bonchev–Trinajstić information content (AvgIpc) is 3.03. The fraction of sp³-hybridized carbons (Fsp3) is 0.273. The van der Waals surface area contributed by atoms with Crippen molar-refractivity contribution in [2.45, 2.75) is 19.0 Å². The summed E-state index contributed by atoms with van der Waals surface area (Å²) in [5, 5.41) is 0. The molecule has 4 aromatic rings. The van der Waals surface area contributed by atoms with Crippen LogP contribution in [-0.4, -0.2) is 37.6 Å². The molecule has 1 aliphatic rings. The Bertz CT molecular complexity index is 1260. The van der Waals surface area contributed by atoms with E-state index < -0.39 is 12.0 Å². The minimum atomic E-state index is -4.64. The van der Waals surface area contributed by atoms with Crippen LogP contribution < -0.4 is 4.90 Å². The molecule has 31 heavy (non-hydrogen) atoms. The van der Waals surface area contributed by atoms with Gasteiger partial charge in [0.1, 0.15) is 11.6 Å². The number of nitrogens with zero attached hydrogens (tertiary/aromatic N) is 6. The zero-order valence-electron chi connectivity index (χ0n) is 16.9. The van der Waals surface area contributed by atoms with Crippen LogP contribution >= 0.6 is 0 Å². The molecule has 6 nitrogen and oxygen atoms in total. The summed E-state index contributed by atoms with van der Waals surface area (Å²) in [6, 6.07) is 12.9. The molecule has 0 spiro atoms. The third kappa shape index (κ3) is 3.49. The van der Waals surface area contributed by atoms with Gasteiger partial charge in [-0.1, -0.05) is 18.2 Å². The lowest BCUT2D eigenvalue weighted by Gasteiger charge is -2.39. The van der Waals surface area contributed by atoms with Gasteiger partial charge in [0.25, 0.3) is 0 Å². The number of rotatable bonds is 3. The summed E-state index contributed by atoms with van der Waals surface area (Å²) >= 11 is 0. The van der Waals surface area contributed by atoms with Gasteiger partial charge < -0.3 is 9.47 Å². The topological polar surface area (TPSA) is 59.7 Å². The van der Waals surface area contributed by atoms with Gasteiger partial charge in [0.2, 0.25) is 5.82 Å². The number of aryl methyl sites for hydroxylation is 2. The first-order valence-electron chi connectivity index (χ1n) is 9.85. The van der Waals surface area contributed by atoms with Crippen molar-refractivity contribution in [3.05, 3.63) is 65.9 Å². The van der Waals surface area contributed by atoms with Gasteiger partial charge in [-0.05, 0) is 30.7 Å². The van der Waals surface area contributed by atoms with Crippen LogP contribution in [0.1, 0.15) is 23.1 Å². The van der Waals surface area contributed by atoms with E-state index in [4.69, 9.17) is 4.98 Å². The Labute approximate surface area is 176 Å².